The molecule has 1 aliphatic heterocycles. The molecule has 6 nitrogen and oxygen atoms in total. The van der Waals surface area contributed by atoms with Gasteiger partial charge in [0.2, 0.25) is 0 Å². The van der Waals surface area contributed by atoms with Crippen molar-refractivity contribution in [1.82, 2.24) is 10.2 Å². The topological polar surface area (TPSA) is 58.1 Å². The highest BCUT2D eigenvalue weighted by molar-refractivity contribution is 5.93. The average Bonchev–Trinajstić information content (AvgIpc) is 3.01. The molecular formula is C18H30N4O2. The molecule has 2 rings (SSSR count). The quantitative estimate of drug-likeness (QED) is 0.433. The first-order chi connectivity index (χ1) is 11.7. The summed E-state index contributed by atoms with van der Waals surface area (Å²) in [6.07, 6.45) is 3.40. The van der Waals surface area contributed by atoms with Gasteiger partial charge < -0.3 is 25.0 Å². The molecule has 1 aromatic rings. The van der Waals surface area contributed by atoms with E-state index in [0.717, 1.165) is 30.4 Å². The lowest BCUT2D eigenvalue weighted by molar-refractivity contribution is 0.172. The maximum absolute atomic E-state index is 5.73. The lowest BCUT2D eigenvalue weighted by atomic mass is 10.2. The Balaban J connectivity index is 1.81. The largest absolute Gasteiger partial charge is 0.493 e. The first-order valence-electron chi connectivity index (χ1n) is 8.62. The zero-order valence-corrected chi connectivity index (χ0v) is 15.0. The molecular weight excluding hydrogens is 304 g/mol. The van der Waals surface area contributed by atoms with Crippen molar-refractivity contribution >= 4 is 11.6 Å². The number of benzene rings is 1. The van der Waals surface area contributed by atoms with Gasteiger partial charge in [-0.3, -0.25) is 4.99 Å². The second-order valence-corrected chi connectivity index (χ2v) is 6.08. The molecule has 134 valence electrons. The Bertz CT molecular complexity index is 521. The summed E-state index contributed by atoms with van der Waals surface area (Å²) in [6, 6.07) is 8.52. The molecule has 6 heteroatoms. The molecule has 0 bridgehead atoms. The number of likely N-dealkylation sites (N-methyl/N-ethyl adjacent to an activating group) is 1. The standard InChI is InChI=1S/C18H30N4O2/c1-19-18(20-14-16-8-5-10-22(16)2)21-15-7-4-9-17(13-15)24-12-6-11-23-3/h4,7,9,13,16H,5-6,8,10-12,14H2,1-3H3,(H2,19,20,21). The number of guanidine groups is 1. The van der Waals surface area contributed by atoms with Crippen LogP contribution in [0.2, 0.25) is 0 Å². The Labute approximate surface area is 145 Å². The second kappa shape index (κ2) is 10.2. The first-order valence-corrected chi connectivity index (χ1v) is 8.62. The van der Waals surface area contributed by atoms with E-state index in [1.807, 2.05) is 24.3 Å². The molecule has 0 radical (unpaired) electrons. The van der Waals surface area contributed by atoms with Gasteiger partial charge in [0.15, 0.2) is 5.96 Å². The van der Waals surface area contributed by atoms with Gasteiger partial charge in [-0.2, -0.15) is 0 Å². The summed E-state index contributed by atoms with van der Waals surface area (Å²) in [4.78, 5) is 6.70. The van der Waals surface area contributed by atoms with Crippen molar-refractivity contribution in [2.75, 3.05) is 52.8 Å². The van der Waals surface area contributed by atoms with E-state index in [1.54, 1.807) is 14.2 Å². The SMILES string of the molecule is CN=C(NCC1CCCN1C)Nc1cccc(OCCCOC)c1. The van der Waals surface area contributed by atoms with E-state index in [2.05, 4.69) is 27.6 Å². The van der Waals surface area contributed by atoms with Gasteiger partial charge in [-0.1, -0.05) is 6.07 Å². The van der Waals surface area contributed by atoms with Crippen molar-refractivity contribution in [2.24, 2.45) is 4.99 Å². The molecule has 1 aliphatic rings. The number of nitrogens with one attached hydrogen (secondary N) is 2. The zero-order valence-electron chi connectivity index (χ0n) is 15.0. The number of nitrogens with zero attached hydrogens (tertiary/aromatic N) is 2. The molecule has 2 N–H and O–H groups in total. The van der Waals surface area contributed by atoms with Crippen LogP contribution in [0, 0.1) is 0 Å². The summed E-state index contributed by atoms with van der Waals surface area (Å²) in [5.74, 6) is 1.63. The van der Waals surface area contributed by atoms with Gasteiger partial charge in [-0.25, -0.2) is 0 Å². The second-order valence-electron chi connectivity index (χ2n) is 6.08. The molecule has 1 aromatic carbocycles. The maximum atomic E-state index is 5.73. The lowest BCUT2D eigenvalue weighted by Crippen LogP contribution is -2.40. The Morgan fingerprint density at radius 1 is 1.38 bits per heavy atom. The molecule has 0 saturated carbocycles. The van der Waals surface area contributed by atoms with Crippen molar-refractivity contribution in [1.29, 1.82) is 0 Å². The van der Waals surface area contributed by atoms with Gasteiger partial charge in [0.05, 0.1) is 6.61 Å². The van der Waals surface area contributed by atoms with Crippen molar-refractivity contribution in [3.63, 3.8) is 0 Å². The minimum atomic E-state index is 0.582. The van der Waals surface area contributed by atoms with Crippen LogP contribution in [0.1, 0.15) is 19.3 Å². The van der Waals surface area contributed by atoms with Crippen LogP contribution < -0.4 is 15.4 Å². The van der Waals surface area contributed by atoms with E-state index in [0.29, 0.717) is 19.3 Å². The van der Waals surface area contributed by atoms with Crippen molar-refractivity contribution < 1.29 is 9.47 Å². The number of aliphatic imine (C=N–C) groups is 1. The van der Waals surface area contributed by atoms with Crippen LogP contribution >= 0.6 is 0 Å². The van der Waals surface area contributed by atoms with E-state index in [1.165, 1.54) is 19.4 Å². The Kier molecular flexibility index (Phi) is 7.85. The fraction of sp³-hybridized carbons (Fsp3) is 0.611. The van der Waals surface area contributed by atoms with Crippen LogP contribution in [-0.4, -0.2) is 64.4 Å². The van der Waals surface area contributed by atoms with Crippen molar-refractivity contribution in [3.05, 3.63) is 24.3 Å². The molecule has 1 atom stereocenters. The van der Waals surface area contributed by atoms with E-state index in [4.69, 9.17) is 9.47 Å². The molecule has 24 heavy (non-hydrogen) atoms. The Hall–Kier alpha value is -1.79. The highest BCUT2D eigenvalue weighted by atomic mass is 16.5. The van der Waals surface area contributed by atoms with E-state index in [9.17, 15) is 0 Å². The van der Waals surface area contributed by atoms with Gasteiger partial charge in [-0.05, 0) is 38.6 Å². The number of ether oxygens (including phenoxy) is 2. The third-order valence-corrected chi connectivity index (χ3v) is 4.26. The summed E-state index contributed by atoms with van der Waals surface area (Å²) in [7, 11) is 5.67. The minimum absolute atomic E-state index is 0.582. The van der Waals surface area contributed by atoms with Crippen LogP contribution in [0.4, 0.5) is 5.69 Å². The summed E-state index contributed by atoms with van der Waals surface area (Å²) < 4.78 is 10.8. The molecule has 0 aromatic heterocycles. The first kappa shape index (κ1) is 18.5. The predicted molar refractivity (Wildman–Crippen MR) is 99.1 cm³/mol. The lowest BCUT2D eigenvalue weighted by Gasteiger charge is -2.21. The normalized spacial score (nSPS) is 18.6. The fourth-order valence-corrected chi connectivity index (χ4v) is 2.82. The molecule has 0 aliphatic carbocycles. The monoisotopic (exact) mass is 334 g/mol. The summed E-state index contributed by atoms with van der Waals surface area (Å²) in [5, 5.41) is 6.73. The third-order valence-electron chi connectivity index (χ3n) is 4.26. The maximum Gasteiger partial charge on any atom is 0.195 e. The van der Waals surface area contributed by atoms with Crippen LogP contribution in [0.25, 0.3) is 0 Å². The molecule has 1 heterocycles. The summed E-state index contributed by atoms with van der Waals surface area (Å²) in [6.45, 7) is 3.45. The van der Waals surface area contributed by atoms with Gasteiger partial charge in [0.1, 0.15) is 5.75 Å². The predicted octanol–water partition coefficient (Wildman–Crippen LogP) is 2.18. The summed E-state index contributed by atoms with van der Waals surface area (Å²) in [5.41, 5.74) is 0.965. The van der Waals surface area contributed by atoms with Gasteiger partial charge in [-0.15, -0.1) is 0 Å². The zero-order chi connectivity index (χ0) is 17.2. The number of hydrogen-bond acceptors (Lipinski definition) is 4. The van der Waals surface area contributed by atoms with Crippen LogP contribution in [0.5, 0.6) is 5.75 Å². The van der Waals surface area contributed by atoms with Crippen LogP contribution in [-0.2, 0) is 4.74 Å². The molecule has 1 saturated heterocycles. The number of hydrogen-bond donors (Lipinski definition) is 2. The van der Waals surface area contributed by atoms with Gasteiger partial charge in [0, 0.05) is 51.5 Å². The Morgan fingerprint density at radius 2 is 2.25 bits per heavy atom. The van der Waals surface area contributed by atoms with E-state index in [-0.39, 0.29) is 0 Å². The number of methoxy groups -OCH3 is 1. The number of rotatable bonds is 8. The highest BCUT2D eigenvalue weighted by Crippen LogP contribution is 2.18. The van der Waals surface area contributed by atoms with Crippen LogP contribution in [0.3, 0.4) is 0 Å². The van der Waals surface area contributed by atoms with Gasteiger partial charge in [0.25, 0.3) is 0 Å². The van der Waals surface area contributed by atoms with Crippen molar-refractivity contribution in [3.8, 4) is 5.75 Å². The molecule has 0 amide bonds. The number of anilines is 1. The highest BCUT2D eigenvalue weighted by Gasteiger charge is 2.20. The number of likely N-dealkylation sites (tertiary alicyclic amines) is 1. The van der Waals surface area contributed by atoms with E-state index < -0.39 is 0 Å². The average molecular weight is 334 g/mol. The molecule has 1 unspecified atom stereocenters. The molecule has 0 spiro atoms. The van der Waals surface area contributed by atoms with Gasteiger partial charge >= 0.3 is 0 Å². The van der Waals surface area contributed by atoms with E-state index >= 15 is 0 Å². The van der Waals surface area contributed by atoms with Crippen molar-refractivity contribution in [2.45, 2.75) is 25.3 Å². The fourth-order valence-electron chi connectivity index (χ4n) is 2.82. The Morgan fingerprint density at radius 3 is 2.96 bits per heavy atom. The minimum Gasteiger partial charge on any atom is -0.493 e. The van der Waals surface area contributed by atoms with Crippen LogP contribution in [0.15, 0.2) is 29.3 Å². The smallest absolute Gasteiger partial charge is 0.195 e. The third kappa shape index (κ3) is 6.02. The summed E-state index contributed by atoms with van der Waals surface area (Å²) >= 11 is 0. The molecule has 1 fully saturated rings.